The minimum atomic E-state index is 0.170. The Morgan fingerprint density at radius 2 is 2.43 bits per heavy atom. The molecule has 1 amide bonds. The van der Waals surface area contributed by atoms with Crippen LogP contribution in [-0.4, -0.2) is 39.3 Å². The lowest BCUT2D eigenvalue weighted by Crippen LogP contribution is -2.40. The van der Waals surface area contributed by atoms with E-state index in [1.807, 2.05) is 11.1 Å². The number of halogens is 1. The lowest BCUT2D eigenvalue weighted by Gasteiger charge is -2.32. The fraction of sp³-hybridized carbons (Fsp3) is 0.562. The van der Waals surface area contributed by atoms with Crippen LogP contribution in [0.3, 0.4) is 0 Å². The summed E-state index contributed by atoms with van der Waals surface area (Å²) in [7, 11) is 0. The van der Waals surface area contributed by atoms with Crippen molar-refractivity contribution in [3.63, 3.8) is 0 Å². The zero-order valence-corrected chi connectivity index (χ0v) is 14.0. The van der Waals surface area contributed by atoms with Crippen LogP contribution in [0.1, 0.15) is 36.3 Å². The number of likely N-dealkylation sites (tertiary alicyclic amines) is 1. The molecule has 2 aromatic rings. The Labute approximate surface area is 140 Å². The molecule has 2 aromatic heterocycles. The molecule has 1 N–H and O–H groups in total. The van der Waals surface area contributed by atoms with E-state index in [4.69, 9.17) is 16.1 Å². The lowest BCUT2D eigenvalue weighted by molar-refractivity contribution is -0.133. The molecule has 7 heteroatoms. The average Bonchev–Trinajstić information content (AvgIpc) is 3.14. The van der Waals surface area contributed by atoms with Crippen molar-refractivity contribution in [2.45, 2.75) is 39.0 Å². The zero-order valence-electron chi connectivity index (χ0n) is 13.2. The molecule has 124 valence electrons. The maximum Gasteiger partial charge on any atom is 0.223 e. The minimum absolute atomic E-state index is 0.170. The average molecular weight is 337 g/mol. The standard InChI is InChI=1S/C16H21ClN4O2/c1-11-9-18-19-14(11)7-12-3-2-6-21(10-12)16(22)5-4-13-8-15(17)20-23-13/h8-9,12H,2-7,10H2,1H3,(H,18,19). The number of piperidine rings is 1. The highest BCUT2D eigenvalue weighted by atomic mass is 35.5. The Morgan fingerprint density at radius 3 is 3.13 bits per heavy atom. The first-order valence-electron chi connectivity index (χ1n) is 7.99. The number of amides is 1. The van der Waals surface area contributed by atoms with Gasteiger partial charge in [-0.1, -0.05) is 16.8 Å². The first-order valence-corrected chi connectivity index (χ1v) is 8.37. The van der Waals surface area contributed by atoms with Crippen LogP contribution in [-0.2, 0) is 17.6 Å². The molecule has 1 saturated heterocycles. The number of rotatable bonds is 5. The highest BCUT2D eigenvalue weighted by molar-refractivity contribution is 6.29. The zero-order chi connectivity index (χ0) is 16.2. The van der Waals surface area contributed by atoms with Crippen LogP contribution in [0.4, 0.5) is 0 Å². The number of aryl methyl sites for hydroxylation is 2. The van der Waals surface area contributed by atoms with Gasteiger partial charge in [0, 0.05) is 37.7 Å². The summed E-state index contributed by atoms with van der Waals surface area (Å²) in [5, 5.41) is 11.1. The highest BCUT2D eigenvalue weighted by Crippen LogP contribution is 2.22. The van der Waals surface area contributed by atoms with Crippen molar-refractivity contribution in [1.82, 2.24) is 20.3 Å². The van der Waals surface area contributed by atoms with E-state index in [1.165, 1.54) is 11.3 Å². The molecule has 3 heterocycles. The van der Waals surface area contributed by atoms with E-state index >= 15 is 0 Å². The third kappa shape index (κ3) is 4.13. The number of H-pyrrole nitrogens is 1. The first kappa shape index (κ1) is 16.1. The van der Waals surface area contributed by atoms with E-state index in [0.717, 1.165) is 32.4 Å². The molecular formula is C16H21ClN4O2. The van der Waals surface area contributed by atoms with Crippen molar-refractivity contribution in [3.05, 3.63) is 34.4 Å². The van der Waals surface area contributed by atoms with Crippen LogP contribution in [0.2, 0.25) is 5.15 Å². The highest BCUT2D eigenvalue weighted by Gasteiger charge is 2.24. The number of nitrogens with one attached hydrogen (secondary N) is 1. The largest absolute Gasteiger partial charge is 0.360 e. The summed E-state index contributed by atoms with van der Waals surface area (Å²) in [4.78, 5) is 14.4. The summed E-state index contributed by atoms with van der Waals surface area (Å²) in [5.74, 6) is 1.32. The molecule has 6 nitrogen and oxygen atoms in total. The number of nitrogens with zero attached hydrogens (tertiary/aromatic N) is 3. The summed E-state index contributed by atoms with van der Waals surface area (Å²) in [5.41, 5.74) is 2.37. The monoisotopic (exact) mass is 336 g/mol. The van der Waals surface area contributed by atoms with E-state index < -0.39 is 0 Å². The molecule has 23 heavy (non-hydrogen) atoms. The molecule has 1 aliphatic heterocycles. The SMILES string of the molecule is Cc1cn[nH]c1CC1CCCN(C(=O)CCc2cc(Cl)no2)C1. The Hall–Kier alpha value is -1.82. The summed E-state index contributed by atoms with van der Waals surface area (Å²) in [6.07, 6.45) is 5.98. The van der Waals surface area contributed by atoms with Gasteiger partial charge < -0.3 is 9.42 Å². The van der Waals surface area contributed by atoms with Gasteiger partial charge in [-0.3, -0.25) is 9.89 Å². The fourth-order valence-electron chi connectivity index (χ4n) is 3.12. The third-order valence-electron chi connectivity index (χ3n) is 4.41. The van der Waals surface area contributed by atoms with E-state index in [2.05, 4.69) is 22.3 Å². The predicted molar refractivity (Wildman–Crippen MR) is 86.2 cm³/mol. The maximum atomic E-state index is 12.4. The number of hydrogen-bond donors (Lipinski definition) is 1. The number of hydrogen-bond acceptors (Lipinski definition) is 4. The molecule has 0 spiro atoms. The Kier molecular flexibility index (Phi) is 5.00. The van der Waals surface area contributed by atoms with E-state index in [1.54, 1.807) is 6.07 Å². The quantitative estimate of drug-likeness (QED) is 0.911. The molecule has 0 aliphatic carbocycles. The third-order valence-corrected chi connectivity index (χ3v) is 4.59. The van der Waals surface area contributed by atoms with Gasteiger partial charge in [0.2, 0.25) is 5.91 Å². The van der Waals surface area contributed by atoms with Crippen molar-refractivity contribution in [2.75, 3.05) is 13.1 Å². The van der Waals surface area contributed by atoms with Crippen molar-refractivity contribution in [3.8, 4) is 0 Å². The van der Waals surface area contributed by atoms with Gasteiger partial charge in [-0.25, -0.2) is 0 Å². The van der Waals surface area contributed by atoms with Crippen molar-refractivity contribution < 1.29 is 9.32 Å². The Morgan fingerprint density at radius 1 is 1.57 bits per heavy atom. The normalized spacial score (nSPS) is 18.3. The van der Waals surface area contributed by atoms with Gasteiger partial charge in [-0.15, -0.1) is 0 Å². The lowest BCUT2D eigenvalue weighted by atomic mass is 9.92. The van der Waals surface area contributed by atoms with E-state index in [9.17, 15) is 4.79 Å². The van der Waals surface area contributed by atoms with Crippen molar-refractivity contribution >= 4 is 17.5 Å². The Balaban J connectivity index is 1.51. The van der Waals surface area contributed by atoms with Gasteiger partial charge in [0.1, 0.15) is 5.76 Å². The van der Waals surface area contributed by atoms with Crippen LogP contribution in [0.15, 0.2) is 16.8 Å². The Bertz CT molecular complexity index is 667. The molecule has 1 aliphatic rings. The second kappa shape index (κ2) is 7.17. The molecule has 1 unspecified atom stereocenters. The molecule has 3 rings (SSSR count). The van der Waals surface area contributed by atoms with Crippen LogP contribution in [0, 0.1) is 12.8 Å². The second-order valence-electron chi connectivity index (χ2n) is 6.20. The van der Waals surface area contributed by atoms with Crippen LogP contribution in [0.5, 0.6) is 0 Å². The molecule has 1 atom stereocenters. The summed E-state index contributed by atoms with van der Waals surface area (Å²) < 4.78 is 5.04. The number of aromatic amines is 1. The molecule has 0 bridgehead atoms. The first-order chi connectivity index (χ1) is 11.1. The van der Waals surface area contributed by atoms with Gasteiger partial charge in [0.25, 0.3) is 0 Å². The molecule has 0 aromatic carbocycles. The van der Waals surface area contributed by atoms with Crippen molar-refractivity contribution in [2.24, 2.45) is 5.92 Å². The van der Waals surface area contributed by atoms with Crippen molar-refractivity contribution in [1.29, 1.82) is 0 Å². The molecule has 0 radical (unpaired) electrons. The second-order valence-corrected chi connectivity index (χ2v) is 6.59. The molecular weight excluding hydrogens is 316 g/mol. The smallest absolute Gasteiger partial charge is 0.223 e. The van der Waals surface area contributed by atoms with Gasteiger partial charge >= 0.3 is 0 Å². The number of aromatic nitrogens is 3. The number of carbonyl (C=O) groups is 1. The summed E-state index contributed by atoms with van der Waals surface area (Å²) >= 11 is 5.72. The molecule has 0 saturated carbocycles. The van der Waals surface area contributed by atoms with Crippen LogP contribution >= 0.6 is 11.6 Å². The maximum absolute atomic E-state index is 12.4. The fourth-order valence-corrected chi connectivity index (χ4v) is 3.28. The summed E-state index contributed by atoms with van der Waals surface area (Å²) in [6.45, 7) is 3.72. The van der Waals surface area contributed by atoms with Gasteiger partial charge in [0.05, 0.1) is 6.20 Å². The van der Waals surface area contributed by atoms with E-state index in [-0.39, 0.29) is 5.91 Å². The predicted octanol–water partition coefficient (Wildman–Crippen LogP) is 2.77. The van der Waals surface area contributed by atoms with Gasteiger partial charge in [-0.2, -0.15) is 5.10 Å². The van der Waals surface area contributed by atoms with Crippen LogP contribution < -0.4 is 0 Å². The topological polar surface area (TPSA) is 75.0 Å². The number of carbonyl (C=O) groups excluding carboxylic acids is 1. The van der Waals surface area contributed by atoms with Gasteiger partial charge in [0.15, 0.2) is 5.15 Å². The van der Waals surface area contributed by atoms with E-state index in [0.29, 0.717) is 29.7 Å². The molecule has 1 fully saturated rings. The minimum Gasteiger partial charge on any atom is -0.360 e. The summed E-state index contributed by atoms with van der Waals surface area (Å²) in [6, 6.07) is 1.66. The van der Waals surface area contributed by atoms with Crippen LogP contribution in [0.25, 0.3) is 0 Å². The van der Waals surface area contributed by atoms with Gasteiger partial charge in [-0.05, 0) is 37.7 Å².